The highest BCUT2D eigenvalue weighted by molar-refractivity contribution is 7.09. The molecule has 0 spiro atoms. The van der Waals surface area contributed by atoms with Crippen LogP contribution in [0.15, 0.2) is 10.6 Å². The zero-order chi connectivity index (χ0) is 19.8. The number of aromatic nitrogens is 5. The molecule has 1 atom stereocenters. The molecule has 1 aliphatic rings. The quantitative estimate of drug-likeness (QED) is 0.642. The van der Waals surface area contributed by atoms with Crippen molar-refractivity contribution in [2.75, 3.05) is 13.1 Å². The fourth-order valence-corrected chi connectivity index (χ4v) is 4.42. The van der Waals surface area contributed by atoms with Gasteiger partial charge in [-0.05, 0) is 45.1 Å². The van der Waals surface area contributed by atoms with E-state index in [0.717, 1.165) is 47.0 Å². The highest BCUT2D eigenvalue weighted by Gasteiger charge is 2.30. The van der Waals surface area contributed by atoms with Gasteiger partial charge in [-0.1, -0.05) is 21.2 Å². The number of aryl methyl sites for hydroxylation is 2. The number of nitrogens with zero attached hydrogens (tertiary/aromatic N) is 6. The van der Waals surface area contributed by atoms with Crippen molar-refractivity contribution in [2.45, 2.75) is 46.1 Å². The summed E-state index contributed by atoms with van der Waals surface area (Å²) in [5.41, 5.74) is 3.25. The molecule has 3 aromatic rings. The number of piperidine rings is 1. The van der Waals surface area contributed by atoms with Gasteiger partial charge in [0.2, 0.25) is 5.91 Å². The van der Waals surface area contributed by atoms with Gasteiger partial charge in [0.15, 0.2) is 5.76 Å². The minimum atomic E-state index is 0.0345. The Kier molecular flexibility index (Phi) is 5.20. The Balaban J connectivity index is 1.50. The third kappa shape index (κ3) is 3.56. The molecule has 0 aromatic carbocycles. The van der Waals surface area contributed by atoms with Crippen LogP contribution >= 0.6 is 23.1 Å². The van der Waals surface area contributed by atoms with Crippen LogP contribution in [0.25, 0.3) is 10.6 Å². The van der Waals surface area contributed by atoms with Crippen molar-refractivity contribution < 1.29 is 9.32 Å². The molecule has 8 nitrogen and oxygen atoms in total. The number of hydrogen-bond acceptors (Lipinski definition) is 7. The minimum absolute atomic E-state index is 0.0345. The maximum absolute atomic E-state index is 12.9. The molecule has 1 saturated heterocycles. The van der Waals surface area contributed by atoms with E-state index in [2.05, 4.69) is 19.8 Å². The smallest absolute Gasteiger partial charge is 0.244 e. The Morgan fingerprint density at radius 3 is 2.89 bits per heavy atom. The minimum Gasteiger partial charge on any atom is -0.355 e. The highest BCUT2D eigenvalue weighted by Crippen LogP contribution is 2.35. The molecule has 1 unspecified atom stereocenters. The maximum Gasteiger partial charge on any atom is 0.244 e. The van der Waals surface area contributed by atoms with E-state index in [4.69, 9.17) is 16.1 Å². The fourth-order valence-electron chi connectivity index (χ4n) is 3.59. The maximum atomic E-state index is 12.9. The first-order chi connectivity index (χ1) is 13.4. The molecule has 1 aliphatic heterocycles. The third-order valence-electron chi connectivity index (χ3n) is 5.10. The van der Waals surface area contributed by atoms with E-state index in [1.165, 1.54) is 11.5 Å². The van der Waals surface area contributed by atoms with Crippen LogP contribution in [0.1, 0.15) is 41.5 Å². The first-order valence-corrected chi connectivity index (χ1v) is 10.3. The predicted octanol–water partition coefficient (Wildman–Crippen LogP) is 3.37. The van der Waals surface area contributed by atoms with Gasteiger partial charge >= 0.3 is 0 Å². The first kappa shape index (κ1) is 19.1. The molecule has 3 aromatic heterocycles. The number of halogens is 1. The molecule has 10 heteroatoms. The molecule has 28 heavy (non-hydrogen) atoms. The van der Waals surface area contributed by atoms with E-state index in [9.17, 15) is 4.79 Å². The first-order valence-electron chi connectivity index (χ1n) is 9.17. The van der Waals surface area contributed by atoms with Crippen LogP contribution < -0.4 is 0 Å². The summed E-state index contributed by atoms with van der Waals surface area (Å²) in [6.45, 7) is 7.13. The van der Waals surface area contributed by atoms with Gasteiger partial charge in [-0.2, -0.15) is 5.10 Å². The second kappa shape index (κ2) is 7.63. The molecular formula is C18H21ClN6O2S. The lowest BCUT2D eigenvalue weighted by Gasteiger charge is -2.32. The molecule has 0 saturated carbocycles. The summed E-state index contributed by atoms with van der Waals surface area (Å²) in [4.78, 5) is 15.6. The summed E-state index contributed by atoms with van der Waals surface area (Å²) in [6.07, 6.45) is 1.88. The van der Waals surface area contributed by atoms with Crippen molar-refractivity contribution >= 4 is 29.0 Å². The standard InChI is InChI=1S/C18H21ClN6O2S/c1-10-7-14(27-22-10)18-17(20-23-28-18)13-5-4-6-24(8-13)15(26)9-25-12(3)16(19)11(2)21-25/h7,13H,4-6,8-9H2,1-3H3. The summed E-state index contributed by atoms with van der Waals surface area (Å²) in [5.74, 6) is 0.844. The highest BCUT2D eigenvalue weighted by atomic mass is 35.5. The summed E-state index contributed by atoms with van der Waals surface area (Å²) < 4.78 is 11.2. The van der Waals surface area contributed by atoms with Gasteiger partial charge in [0.25, 0.3) is 0 Å². The Labute approximate surface area is 171 Å². The zero-order valence-electron chi connectivity index (χ0n) is 16.0. The van der Waals surface area contributed by atoms with Crippen LogP contribution in [-0.2, 0) is 11.3 Å². The van der Waals surface area contributed by atoms with Gasteiger partial charge in [0, 0.05) is 25.1 Å². The van der Waals surface area contributed by atoms with E-state index < -0.39 is 0 Å². The van der Waals surface area contributed by atoms with Crippen LogP contribution in [0.2, 0.25) is 5.02 Å². The average molecular weight is 421 g/mol. The zero-order valence-corrected chi connectivity index (χ0v) is 17.5. The van der Waals surface area contributed by atoms with Crippen LogP contribution in [0.3, 0.4) is 0 Å². The van der Waals surface area contributed by atoms with Gasteiger partial charge in [-0.15, -0.1) is 5.10 Å². The Morgan fingerprint density at radius 1 is 1.39 bits per heavy atom. The number of rotatable bonds is 4. The topological polar surface area (TPSA) is 89.9 Å². The van der Waals surface area contributed by atoms with Crippen LogP contribution in [-0.4, -0.2) is 48.4 Å². The molecule has 0 aliphatic carbocycles. The van der Waals surface area contributed by atoms with E-state index >= 15 is 0 Å². The lowest BCUT2D eigenvalue weighted by molar-refractivity contribution is -0.133. The Hall–Kier alpha value is -2.26. The van der Waals surface area contributed by atoms with Gasteiger partial charge in [0.1, 0.15) is 11.4 Å². The lowest BCUT2D eigenvalue weighted by atomic mass is 9.93. The molecule has 0 bridgehead atoms. The summed E-state index contributed by atoms with van der Waals surface area (Å²) in [6, 6.07) is 1.89. The summed E-state index contributed by atoms with van der Waals surface area (Å²) in [5, 5.41) is 13.3. The lowest BCUT2D eigenvalue weighted by Crippen LogP contribution is -2.41. The number of likely N-dealkylation sites (tertiary alicyclic amines) is 1. The predicted molar refractivity (Wildman–Crippen MR) is 105 cm³/mol. The second-order valence-electron chi connectivity index (χ2n) is 7.14. The van der Waals surface area contributed by atoms with Crippen molar-refractivity contribution in [1.29, 1.82) is 0 Å². The van der Waals surface area contributed by atoms with Crippen LogP contribution in [0, 0.1) is 20.8 Å². The fraction of sp³-hybridized carbons (Fsp3) is 0.500. The number of carbonyl (C=O) groups is 1. The van der Waals surface area contributed by atoms with Crippen LogP contribution in [0.5, 0.6) is 0 Å². The van der Waals surface area contributed by atoms with Gasteiger partial charge < -0.3 is 9.42 Å². The molecule has 1 fully saturated rings. The molecular weight excluding hydrogens is 400 g/mol. The largest absolute Gasteiger partial charge is 0.355 e. The van der Waals surface area contributed by atoms with Crippen molar-refractivity contribution in [3.8, 4) is 10.6 Å². The van der Waals surface area contributed by atoms with E-state index in [0.29, 0.717) is 17.3 Å². The van der Waals surface area contributed by atoms with E-state index in [1.807, 2.05) is 31.7 Å². The molecule has 0 N–H and O–H groups in total. The monoisotopic (exact) mass is 420 g/mol. The number of hydrogen-bond donors (Lipinski definition) is 0. The van der Waals surface area contributed by atoms with Crippen molar-refractivity contribution in [3.05, 3.63) is 33.9 Å². The molecule has 4 rings (SSSR count). The normalized spacial score (nSPS) is 17.3. The van der Waals surface area contributed by atoms with Gasteiger partial charge in [-0.25, -0.2) is 0 Å². The number of carbonyl (C=O) groups excluding carboxylic acids is 1. The SMILES string of the molecule is Cc1cc(-c2snnc2C2CCCN(C(=O)Cn3nc(C)c(Cl)c3C)C2)on1. The average Bonchev–Trinajstić information content (AvgIpc) is 3.39. The van der Waals surface area contributed by atoms with Gasteiger partial charge in [-0.3, -0.25) is 9.48 Å². The van der Waals surface area contributed by atoms with E-state index in [1.54, 1.807) is 4.68 Å². The Morgan fingerprint density at radius 2 is 2.21 bits per heavy atom. The third-order valence-corrected chi connectivity index (χ3v) is 6.41. The molecule has 0 radical (unpaired) electrons. The Bertz CT molecular complexity index is 1010. The van der Waals surface area contributed by atoms with Crippen molar-refractivity contribution in [1.82, 2.24) is 29.4 Å². The molecule has 148 valence electrons. The number of amides is 1. The van der Waals surface area contributed by atoms with Crippen molar-refractivity contribution in [2.24, 2.45) is 0 Å². The van der Waals surface area contributed by atoms with Gasteiger partial charge in [0.05, 0.1) is 27.8 Å². The summed E-state index contributed by atoms with van der Waals surface area (Å²) in [7, 11) is 0. The summed E-state index contributed by atoms with van der Waals surface area (Å²) >= 11 is 7.50. The van der Waals surface area contributed by atoms with Crippen molar-refractivity contribution in [3.63, 3.8) is 0 Å². The van der Waals surface area contributed by atoms with E-state index in [-0.39, 0.29) is 18.4 Å². The molecule has 4 heterocycles. The molecule has 1 amide bonds. The van der Waals surface area contributed by atoms with Crippen LogP contribution in [0.4, 0.5) is 0 Å². The second-order valence-corrected chi connectivity index (χ2v) is 8.27.